The van der Waals surface area contributed by atoms with Gasteiger partial charge in [0.05, 0.1) is 0 Å². The number of nitrogens with zero attached hydrogens (tertiary/aromatic N) is 1. The molecule has 0 amide bonds. The van der Waals surface area contributed by atoms with Gasteiger partial charge < -0.3 is 0 Å². The van der Waals surface area contributed by atoms with Crippen LogP contribution in [0.2, 0.25) is 0 Å². The first-order valence-electron chi connectivity index (χ1n) is 4.15. The average Bonchev–Trinajstić information content (AvgIpc) is 2.33. The van der Waals surface area contributed by atoms with Crippen molar-refractivity contribution in [2.24, 2.45) is 0 Å². The summed E-state index contributed by atoms with van der Waals surface area (Å²) in [7, 11) is 4.24. The molecule has 0 aromatic heterocycles. The third-order valence-electron chi connectivity index (χ3n) is 2.44. The second-order valence-electron chi connectivity index (χ2n) is 3.48. The van der Waals surface area contributed by atoms with Crippen LogP contribution in [0.25, 0.3) is 0 Å². The molecule has 1 aliphatic rings. The third-order valence-corrected chi connectivity index (χ3v) is 2.44. The molecule has 0 saturated heterocycles. The molecule has 0 aromatic carbocycles. The van der Waals surface area contributed by atoms with Gasteiger partial charge in [0, 0.05) is 0 Å². The van der Waals surface area contributed by atoms with Crippen molar-refractivity contribution in [2.45, 2.75) is 19.4 Å². The minimum absolute atomic E-state index is 0.564. The Balaban J connectivity index is 2.73. The maximum atomic E-state index is 2.25. The molecule has 0 spiro atoms. The molecule has 0 saturated carbocycles. The Kier molecular flexibility index (Phi) is 3.01. The Hall–Kier alpha value is 0.0374. The van der Waals surface area contributed by atoms with Crippen molar-refractivity contribution in [2.75, 3.05) is 14.1 Å². The van der Waals surface area contributed by atoms with E-state index in [2.05, 4.69) is 55.8 Å². The van der Waals surface area contributed by atoms with Gasteiger partial charge in [-0.15, -0.1) is 0 Å². The van der Waals surface area contributed by atoms with Gasteiger partial charge in [-0.25, -0.2) is 0 Å². The van der Waals surface area contributed by atoms with E-state index in [0.29, 0.717) is 6.04 Å². The molecule has 2 heteroatoms. The maximum absolute atomic E-state index is 2.25. The van der Waals surface area contributed by atoms with Gasteiger partial charge in [-0.05, 0) is 0 Å². The van der Waals surface area contributed by atoms with E-state index in [-0.39, 0.29) is 0 Å². The Morgan fingerprint density at radius 1 is 1.55 bits per heavy atom. The topological polar surface area (TPSA) is 3.24 Å². The Labute approximate surface area is 78.4 Å². The Morgan fingerprint density at radius 2 is 2.18 bits per heavy atom. The zero-order valence-corrected chi connectivity index (χ0v) is 7.89. The van der Waals surface area contributed by atoms with E-state index in [1.807, 2.05) is 0 Å². The molecule has 1 rings (SSSR count). The van der Waals surface area contributed by atoms with Gasteiger partial charge in [0.2, 0.25) is 0 Å². The number of hydrogen-bond acceptors (Lipinski definition) is 1. The monoisotopic (exact) mass is 143 g/mol. The van der Waals surface area contributed by atoms with E-state index in [1.165, 1.54) is 9.82 Å². The summed E-state index contributed by atoms with van der Waals surface area (Å²) < 4.78 is 1.52. The molecule has 1 nitrogen and oxygen atoms in total. The molecule has 1 aliphatic carbocycles. The fourth-order valence-corrected chi connectivity index (χ4v) is 1.40. The van der Waals surface area contributed by atoms with Gasteiger partial charge in [0.25, 0.3) is 0 Å². The molecule has 0 aromatic rings. The van der Waals surface area contributed by atoms with Crippen LogP contribution in [0.5, 0.6) is 0 Å². The summed E-state index contributed by atoms with van der Waals surface area (Å²) in [5.74, 6) is 0. The fraction of sp³-hybridized carbons (Fsp3) is 0.556. The molecule has 0 heterocycles. The summed E-state index contributed by atoms with van der Waals surface area (Å²) in [5.41, 5.74) is 1.50. The van der Waals surface area contributed by atoms with E-state index >= 15 is 0 Å². The molecule has 11 heavy (non-hydrogen) atoms. The van der Waals surface area contributed by atoms with Crippen LogP contribution in [0.4, 0.5) is 0 Å². The van der Waals surface area contributed by atoms with E-state index < -0.39 is 0 Å². The zero-order valence-electron chi connectivity index (χ0n) is 7.89. The van der Waals surface area contributed by atoms with E-state index in [9.17, 15) is 0 Å². The minimum atomic E-state index is 0.564. The van der Waals surface area contributed by atoms with Crippen molar-refractivity contribution in [3.63, 3.8) is 0 Å². The van der Waals surface area contributed by atoms with Crippen molar-refractivity contribution in [3.05, 3.63) is 22.0 Å². The molecule has 56 valence electrons. The van der Waals surface area contributed by atoms with E-state index in [1.54, 1.807) is 0 Å². The van der Waals surface area contributed by atoms with Gasteiger partial charge >= 0.3 is 78.1 Å². The van der Waals surface area contributed by atoms with Crippen LogP contribution in [0, 0.1) is 0 Å². The normalized spacial score (nSPS) is 20.2. The number of rotatable bonds is 2. The molecule has 0 bridgehead atoms. The summed E-state index contributed by atoms with van der Waals surface area (Å²) in [4.78, 5) is 2.24. The SMILES string of the molecule is [Li][C]1=C(C(C)N(C)C)C=CC1. The summed E-state index contributed by atoms with van der Waals surface area (Å²) in [6, 6.07) is 0.564. The molecule has 1 unspecified atom stereocenters. The fourth-order valence-electron chi connectivity index (χ4n) is 1.40. The predicted molar refractivity (Wildman–Crippen MR) is 49.7 cm³/mol. The van der Waals surface area contributed by atoms with Gasteiger partial charge in [-0.1, -0.05) is 0 Å². The second kappa shape index (κ2) is 3.63. The number of hydrogen-bond donors (Lipinski definition) is 0. The van der Waals surface area contributed by atoms with Crippen LogP contribution >= 0.6 is 0 Å². The van der Waals surface area contributed by atoms with Gasteiger partial charge in [-0.2, -0.15) is 0 Å². The van der Waals surface area contributed by atoms with E-state index in [4.69, 9.17) is 0 Å². The Morgan fingerprint density at radius 3 is 2.55 bits per heavy atom. The van der Waals surface area contributed by atoms with Crippen molar-refractivity contribution in [1.29, 1.82) is 0 Å². The second-order valence-corrected chi connectivity index (χ2v) is 3.48. The van der Waals surface area contributed by atoms with Gasteiger partial charge in [-0.3, -0.25) is 0 Å². The molecule has 0 N–H and O–H groups in total. The molecular weight excluding hydrogens is 129 g/mol. The van der Waals surface area contributed by atoms with Crippen LogP contribution in [0.1, 0.15) is 13.3 Å². The van der Waals surface area contributed by atoms with Crippen LogP contribution in [-0.2, 0) is 0 Å². The number of allylic oxidation sites excluding steroid dienone is 2. The predicted octanol–water partition coefficient (Wildman–Crippen LogP) is 1.32. The first-order valence-corrected chi connectivity index (χ1v) is 4.15. The number of likely N-dealkylation sites (N-methyl/N-ethyl adjacent to an activating group) is 1. The van der Waals surface area contributed by atoms with Crippen LogP contribution in [0.3, 0.4) is 0 Å². The zero-order chi connectivity index (χ0) is 8.43. The first kappa shape index (κ1) is 9.13. The van der Waals surface area contributed by atoms with Crippen LogP contribution in [0.15, 0.2) is 22.0 Å². The molecular formula is C9H14LiN. The molecule has 0 aliphatic heterocycles. The van der Waals surface area contributed by atoms with Crippen LogP contribution in [-0.4, -0.2) is 42.8 Å². The van der Waals surface area contributed by atoms with Crippen molar-refractivity contribution in [3.8, 4) is 0 Å². The molecule has 0 fully saturated rings. The van der Waals surface area contributed by atoms with Crippen LogP contribution < -0.4 is 0 Å². The van der Waals surface area contributed by atoms with Gasteiger partial charge in [0.1, 0.15) is 0 Å². The first-order chi connectivity index (χ1) is 5.13. The van der Waals surface area contributed by atoms with Crippen molar-refractivity contribution < 1.29 is 0 Å². The summed E-state index contributed by atoms with van der Waals surface area (Å²) >= 11 is 2.22. The summed E-state index contributed by atoms with van der Waals surface area (Å²) in [6.45, 7) is 2.24. The average molecular weight is 143 g/mol. The molecule has 0 radical (unpaired) electrons. The standard InChI is InChI=1S/C9H14N.Li/c1-8(10(2)3)9-6-4-5-7-9;/h4,6,8H,5H2,1-3H3;. The quantitative estimate of drug-likeness (QED) is 0.527. The third kappa shape index (κ3) is 1.99. The summed E-state index contributed by atoms with van der Waals surface area (Å²) in [5, 5.41) is 0. The van der Waals surface area contributed by atoms with Gasteiger partial charge in [0.15, 0.2) is 0 Å². The Bertz CT molecular complexity index is 204. The summed E-state index contributed by atoms with van der Waals surface area (Å²) in [6.07, 6.45) is 5.64. The van der Waals surface area contributed by atoms with Crippen molar-refractivity contribution in [1.82, 2.24) is 4.90 Å². The van der Waals surface area contributed by atoms with Crippen molar-refractivity contribution >= 4 is 17.7 Å². The molecule has 1 atom stereocenters. The van der Waals surface area contributed by atoms with E-state index in [0.717, 1.165) is 6.42 Å².